The lowest BCUT2D eigenvalue weighted by Gasteiger charge is -2.17. The molecule has 1 amide bonds. The van der Waals surface area contributed by atoms with Crippen molar-refractivity contribution in [1.29, 1.82) is 0 Å². The highest BCUT2D eigenvalue weighted by atomic mass is 16.5. The number of imidazole rings is 1. The van der Waals surface area contributed by atoms with Crippen molar-refractivity contribution in [1.82, 2.24) is 19.4 Å². The van der Waals surface area contributed by atoms with Crippen LogP contribution in [0, 0.1) is 0 Å². The zero-order valence-corrected chi connectivity index (χ0v) is 15.1. The summed E-state index contributed by atoms with van der Waals surface area (Å²) in [6, 6.07) is 11.2. The fraction of sp³-hybridized carbons (Fsp3) is 0.350. The number of aromatic nitrogens is 3. The van der Waals surface area contributed by atoms with Crippen molar-refractivity contribution < 1.29 is 9.53 Å². The average Bonchev–Trinajstić information content (AvgIpc) is 3.31. The number of likely N-dealkylation sites (tertiary alicyclic amines) is 1. The molecule has 0 aliphatic carbocycles. The van der Waals surface area contributed by atoms with E-state index in [0.29, 0.717) is 17.9 Å². The van der Waals surface area contributed by atoms with Crippen LogP contribution in [0.25, 0.3) is 11.2 Å². The molecule has 1 aliphatic heterocycles. The molecule has 6 heteroatoms. The molecule has 134 valence electrons. The molecule has 2 aromatic heterocycles. The Morgan fingerprint density at radius 1 is 1.31 bits per heavy atom. The van der Waals surface area contributed by atoms with E-state index in [0.717, 1.165) is 36.5 Å². The molecule has 0 saturated carbocycles. The molecule has 0 unspecified atom stereocenters. The smallest absolute Gasteiger partial charge is 0.254 e. The molecule has 1 atom stereocenters. The Morgan fingerprint density at radius 3 is 3.00 bits per heavy atom. The van der Waals surface area contributed by atoms with Crippen LogP contribution in [0.15, 0.2) is 42.6 Å². The van der Waals surface area contributed by atoms with Crippen LogP contribution < -0.4 is 4.74 Å². The summed E-state index contributed by atoms with van der Waals surface area (Å²) in [6.07, 6.45) is 2.71. The molecular weight excluding hydrogens is 328 g/mol. The zero-order chi connectivity index (χ0) is 18.1. The molecule has 4 rings (SSSR count). The molecule has 1 aromatic carbocycles. The molecular formula is C20H22N4O2. The van der Waals surface area contributed by atoms with Gasteiger partial charge in [0.2, 0.25) is 0 Å². The number of methoxy groups -OCH3 is 1. The number of pyridine rings is 1. The molecule has 3 heterocycles. The molecule has 0 spiro atoms. The lowest BCUT2D eigenvalue weighted by atomic mass is 10.1. The van der Waals surface area contributed by atoms with E-state index >= 15 is 0 Å². The number of rotatable bonds is 4. The Balaban J connectivity index is 1.58. The van der Waals surface area contributed by atoms with Gasteiger partial charge in [-0.25, -0.2) is 9.97 Å². The van der Waals surface area contributed by atoms with Crippen LogP contribution in [0.2, 0.25) is 0 Å². The molecule has 0 radical (unpaired) electrons. The van der Waals surface area contributed by atoms with Gasteiger partial charge >= 0.3 is 0 Å². The van der Waals surface area contributed by atoms with Crippen molar-refractivity contribution in [2.75, 3.05) is 20.2 Å². The van der Waals surface area contributed by atoms with E-state index in [4.69, 9.17) is 9.72 Å². The third kappa shape index (κ3) is 2.81. The van der Waals surface area contributed by atoms with Crippen LogP contribution in [-0.4, -0.2) is 45.5 Å². The highest BCUT2D eigenvalue weighted by molar-refractivity contribution is 5.94. The fourth-order valence-electron chi connectivity index (χ4n) is 3.69. The van der Waals surface area contributed by atoms with E-state index in [2.05, 4.69) is 16.5 Å². The van der Waals surface area contributed by atoms with E-state index in [9.17, 15) is 4.79 Å². The maximum Gasteiger partial charge on any atom is 0.254 e. The van der Waals surface area contributed by atoms with E-state index < -0.39 is 0 Å². The molecule has 6 nitrogen and oxygen atoms in total. The normalized spacial score (nSPS) is 17.0. The van der Waals surface area contributed by atoms with Crippen LogP contribution in [0.3, 0.4) is 0 Å². The lowest BCUT2D eigenvalue weighted by molar-refractivity contribution is 0.0790. The Bertz CT molecular complexity index is 950. The van der Waals surface area contributed by atoms with Gasteiger partial charge in [0.25, 0.3) is 5.91 Å². The van der Waals surface area contributed by atoms with Crippen LogP contribution in [0.1, 0.15) is 35.4 Å². The molecule has 26 heavy (non-hydrogen) atoms. The third-order valence-electron chi connectivity index (χ3n) is 5.01. The summed E-state index contributed by atoms with van der Waals surface area (Å²) in [6.45, 7) is 4.34. The Kier molecular flexibility index (Phi) is 4.32. The topological polar surface area (TPSA) is 60.2 Å². The second kappa shape index (κ2) is 6.78. The minimum atomic E-state index is 0.0451. The summed E-state index contributed by atoms with van der Waals surface area (Å²) in [7, 11) is 1.61. The van der Waals surface area contributed by atoms with Gasteiger partial charge in [0.05, 0.1) is 7.11 Å². The number of hydrogen-bond acceptors (Lipinski definition) is 4. The van der Waals surface area contributed by atoms with Crippen molar-refractivity contribution >= 4 is 17.1 Å². The summed E-state index contributed by atoms with van der Waals surface area (Å²) >= 11 is 0. The zero-order valence-electron chi connectivity index (χ0n) is 15.1. The maximum atomic E-state index is 12.8. The number of fused-ring (bicyclic) bond motifs is 1. The summed E-state index contributed by atoms with van der Waals surface area (Å²) in [4.78, 5) is 24.0. The van der Waals surface area contributed by atoms with Crippen molar-refractivity contribution in [3.05, 3.63) is 54.0 Å². The van der Waals surface area contributed by atoms with Crippen LogP contribution >= 0.6 is 0 Å². The number of carbonyl (C=O) groups excluding carboxylic acids is 1. The van der Waals surface area contributed by atoms with Gasteiger partial charge < -0.3 is 14.2 Å². The first-order valence-corrected chi connectivity index (χ1v) is 8.95. The molecule has 1 saturated heterocycles. The van der Waals surface area contributed by atoms with Crippen LogP contribution in [0.4, 0.5) is 0 Å². The van der Waals surface area contributed by atoms with Gasteiger partial charge in [-0.1, -0.05) is 6.07 Å². The average molecular weight is 350 g/mol. The van der Waals surface area contributed by atoms with Gasteiger partial charge in [-0.15, -0.1) is 0 Å². The van der Waals surface area contributed by atoms with E-state index in [1.807, 2.05) is 35.2 Å². The minimum absolute atomic E-state index is 0.0451. The van der Waals surface area contributed by atoms with Gasteiger partial charge in [0.1, 0.15) is 17.1 Å². The highest BCUT2D eigenvalue weighted by Crippen LogP contribution is 2.30. The predicted octanol–water partition coefficient (Wildman–Crippen LogP) is 3.09. The highest BCUT2D eigenvalue weighted by Gasteiger charge is 2.31. The second-order valence-corrected chi connectivity index (χ2v) is 6.53. The van der Waals surface area contributed by atoms with Crippen LogP contribution in [-0.2, 0) is 6.54 Å². The van der Waals surface area contributed by atoms with Gasteiger partial charge in [0.15, 0.2) is 5.65 Å². The van der Waals surface area contributed by atoms with E-state index in [1.54, 1.807) is 19.4 Å². The lowest BCUT2D eigenvalue weighted by Crippen LogP contribution is -2.28. The summed E-state index contributed by atoms with van der Waals surface area (Å²) in [5, 5.41) is 0. The van der Waals surface area contributed by atoms with Gasteiger partial charge in [-0.2, -0.15) is 0 Å². The number of ether oxygens (including phenoxy) is 1. The first-order chi connectivity index (χ1) is 12.7. The monoisotopic (exact) mass is 350 g/mol. The number of hydrogen-bond donors (Lipinski definition) is 0. The van der Waals surface area contributed by atoms with Crippen molar-refractivity contribution in [3.63, 3.8) is 0 Å². The van der Waals surface area contributed by atoms with E-state index in [1.165, 1.54) is 0 Å². The molecule has 0 bridgehead atoms. The number of benzene rings is 1. The second-order valence-electron chi connectivity index (χ2n) is 6.53. The number of nitrogens with zero attached hydrogens (tertiary/aromatic N) is 4. The van der Waals surface area contributed by atoms with Crippen LogP contribution in [0.5, 0.6) is 5.75 Å². The van der Waals surface area contributed by atoms with Gasteiger partial charge in [-0.05, 0) is 43.7 Å². The molecule has 1 fully saturated rings. The summed E-state index contributed by atoms with van der Waals surface area (Å²) in [5.41, 5.74) is 2.50. The predicted molar refractivity (Wildman–Crippen MR) is 99.5 cm³/mol. The van der Waals surface area contributed by atoms with Gasteiger partial charge in [-0.3, -0.25) is 4.79 Å². The first-order valence-electron chi connectivity index (χ1n) is 8.95. The molecule has 1 aliphatic rings. The number of carbonyl (C=O) groups is 1. The third-order valence-corrected chi connectivity index (χ3v) is 5.01. The Hall–Kier alpha value is -2.89. The fourth-order valence-corrected chi connectivity index (χ4v) is 3.69. The SMILES string of the molecule is CCn1c([C@H]2CCN(C(=O)c3cccc(OC)c3)C2)nc2cccnc21. The number of amides is 1. The minimum Gasteiger partial charge on any atom is -0.497 e. The summed E-state index contributed by atoms with van der Waals surface area (Å²) < 4.78 is 7.40. The molecule has 3 aromatic rings. The number of aryl methyl sites for hydroxylation is 1. The first kappa shape index (κ1) is 16.6. The Labute approximate surface area is 152 Å². The quantitative estimate of drug-likeness (QED) is 0.725. The van der Waals surface area contributed by atoms with Gasteiger partial charge in [0, 0.05) is 37.3 Å². The summed E-state index contributed by atoms with van der Waals surface area (Å²) in [5.74, 6) is 2.01. The largest absolute Gasteiger partial charge is 0.497 e. The standard InChI is InChI=1S/C20H22N4O2/c1-3-24-18(22-17-8-5-10-21-19(17)24)15-9-11-23(13-15)20(25)14-6-4-7-16(12-14)26-2/h4-8,10,12,15H,3,9,11,13H2,1-2H3/t15-/m0/s1. The van der Waals surface area contributed by atoms with E-state index in [-0.39, 0.29) is 11.8 Å². The van der Waals surface area contributed by atoms with Crippen molar-refractivity contribution in [3.8, 4) is 5.75 Å². The Morgan fingerprint density at radius 2 is 2.19 bits per heavy atom. The molecule has 0 N–H and O–H groups in total. The van der Waals surface area contributed by atoms with Crippen molar-refractivity contribution in [2.24, 2.45) is 0 Å². The maximum absolute atomic E-state index is 12.8. The van der Waals surface area contributed by atoms with Crippen molar-refractivity contribution in [2.45, 2.75) is 25.8 Å².